The van der Waals surface area contributed by atoms with E-state index in [4.69, 9.17) is 0 Å². The molecular formula is C28H48Si. The first kappa shape index (κ1) is 19.9. The zero-order valence-corrected chi connectivity index (χ0v) is 20.8. The molecule has 0 spiro atoms. The molecule has 0 radical (unpaired) electrons. The molecule has 6 rings (SSSR count). The fraction of sp³-hybridized carbons (Fsp3) is 1.00. The van der Waals surface area contributed by atoms with Gasteiger partial charge in [0.2, 0.25) is 0 Å². The molecule has 0 aliphatic heterocycles. The zero-order chi connectivity index (χ0) is 19.8. The van der Waals surface area contributed by atoms with Gasteiger partial charge in [-0.05, 0) is 96.4 Å². The quantitative estimate of drug-likeness (QED) is 0.398. The fourth-order valence-corrected chi connectivity index (χ4v) is 18.5. The maximum atomic E-state index is 2.95. The van der Waals surface area contributed by atoms with Crippen molar-refractivity contribution in [3.8, 4) is 0 Å². The van der Waals surface area contributed by atoms with E-state index >= 15 is 0 Å². The van der Waals surface area contributed by atoms with E-state index in [0.29, 0.717) is 0 Å². The first-order valence-electron chi connectivity index (χ1n) is 14.1. The summed E-state index contributed by atoms with van der Waals surface area (Å²) in [5, 5.41) is 0. The van der Waals surface area contributed by atoms with Crippen molar-refractivity contribution in [3.05, 3.63) is 0 Å². The normalized spacial score (nSPS) is 54.5. The second-order valence-corrected chi connectivity index (χ2v) is 18.6. The summed E-state index contributed by atoms with van der Waals surface area (Å²) in [5.41, 5.74) is 2.37. The molecule has 6 fully saturated rings. The van der Waals surface area contributed by atoms with E-state index < -0.39 is 8.07 Å². The standard InChI is InChI=1S/C28H48Si/c1-18-15-21-16-19-9-8-10-20(19)17-26(21)27(18)29(2,3)28-24-13-6-4-11-22(24)23-12-5-7-14-25(23)28/h18-28H,4-17H2,1-3H3. The first-order chi connectivity index (χ1) is 14.1. The van der Waals surface area contributed by atoms with Gasteiger partial charge >= 0.3 is 0 Å². The van der Waals surface area contributed by atoms with Gasteiger partial charge in [-0.25, -0.2) is 0 Å². The number of fused-ring (bicyclic) bond motifs is 5. The molecule has 10 atom stereocenters. The van der Waals surface area contributed by atoms with Crippen LogP contribution in [-0.2, 0) is 0 Å². The summed E-state index contributed by atoms with van der Waals surface area (Å²) >= 11 is 0. The molecule has 0 amide bonds. The largest absolute Gasteiger partial charge is 0.0689 e. The Kier molecular flexibility index (Phi) is 5.06. The Bertz CT molecular complexity index is 587. The van der Waals surface area contributed by atoms with Crippen molar-refractivity contribution >= 4 is 8.07 Å². The van der Waals surface area contributed by atoms with Crippen LogP contribution in [0.3, 0.4) is 0 Å². The minimum Gasteiger partial charge on any atom is -0.0689 e. The lowest BCUT2D eigenvalue weighted by Crippen LogP contribution is -2.47. The summed E-state index contributed by atoms with van der Waals surface area (Å²) in [5.74, 6) is 10.2. The van der Waals surface area contributed by atoms with E-state index in [0.717, 1.165) is 53.3 Å². The Morgan fingerprint density at radius 3 is 1.66 bits per heavy atom. The molecule has 0 heterocycles. The SMILES string of the molecule is CC1CC2CC3CCCC3CC2C1[Si](C)(C)C1C2CCCCC2C2CCCCC21. The molecule has 0 bridgehead atoms. The van der Waals surface area contributed by atoms with Gasteiger partial charge in [0.1, 0.15) is 0 Å². The van der Waals surface area contributed by atoms with Gasteiger partial charge in [-0.2, -0.15) is 0 Å². The lowest BCUT2D eigenvalue weighted by Gasteiger charge is -2.49. The maximum Gasteiger partial charge on any atom is 0.0547 e. The topological polar surface area (TPSA) is 0 Å². The van der Waals surface area contributed by atoms with Crippen LogP contribution in [0, 0.1) is 53.3 Å². The summed E-state index contributed by atoms with van der Waals surface area (Å²) in [6.45, 7) is 8.62. The Hall–Kier alpha value is 0.217. The molecule has 0 aromatic rings. The van der Waals surface area contributed by atoms with Crippen molar-refractivity contribution in [3.63, 3.8) is 0 Å². The highest BCUT2D eigenvalue weighted by Gasteiger charge is 2.61. The van der Waals surface area contributed by atoms with Crippen LogP contribution in [0.2, 0.25) is 24.2 Å². The van der Waals surface area contributed by atoms with Crippen molar-refractivity contribution in [2.75, 3.05) is 0 Å². The van der Waals surface area contributed by atoms with Gasteiger partial charge in [0.15, 0.2) is 0 Å². The summed E-state index contributed by atoms with van der Waals surface area (Å²) in [6, 6.07) is 0. The molecule has 10 unspecified atom stereocenters. The average molecular weight is 413 g/mol. The Balaban J connectivity index is 1.32. The van der Waals surface area contributed by atoms with E-state index in [1.807, 2.05) is 0 Å². The van der Waals surface area contributed by atoms with Gasteiger partial charge in [0, 0.05) is 0 Å². The van der Waals surface area contributed by atoms with Crippen molar-refractivity contribution in [1.82, 2.24) is 0 Å². The Morgan fingerprint density at radius 2 is 1.03 bits per heavy atom. The average Bonchev–Trinajstić information content (AvgIpc) is 3.38. The van der Waals surface area contributed by atoms with Gasteiger partial charge in [-0.15, -0.1) is 0 Å². The van der Waals surface area contributed by atoms with Gasteiger partial charge in [0.25, 0.3) is 0 Å². The van der Waals surface area contributed by atoms with Gasteiger partial charge in [0.05, 0.1) is 8.07 Å². The van der Waals surface area contributed by atoms with Crippen LogP contribution < -0.4 is 0 Å². The predicted octanol–water partition coefficient (Wildman–Crippen LogP) is 8.54. The molecule has 6 saturated carbocycles. The molecule has 0 aromatic heterocycles. The molecule has 0 N–H and O–H groups in total. The highest BCUT2D eigenvalue weighted by atomic mass is 28.3. The summed E-state index contributed by atoms with van der Waals surface area (Å²) in [4.78, 5) is 0. The molecule has 6 aliphatic rings. The number of hydrogen-bond acceptors (Lipinski definition) is 0. The first-order valence-corrected chi connectivity index (χ1v) is 17.2. The summed E-state index contributed by atoms with van der Waals surface area (Å²) in [6.07, 6.45) is 22.4. The molecular weight excluding hydrogens is 364 g/mol. The minimum atomic E-state index is -1.27. The highest BCUT2D eigenvalue weighted by Crippen LogP contribution is 2.68. The van der Waals surface area contributed by atoms with Crippen molar-refractivity contribution < 1.29 is 0 Å². The number of rotatable bonds is 2. The van der Waals surface area contributed by atoms with Crippen LogP contribution in [0.1, 0.15) is 96.8 Å². The molecule has 0 nitrogen and oxygen atoms in total. The molecule has 29 heavy (non-hydrogen) atoms. The van der Waals surface area contributed by atoms with E-state index in [-0.39, 0.29) is 0 Å². The summed E-state index contributed by atoms with van der Waals surface area (Å²) in [7, 11) is -1.27. The third-order valence-electron chi connectivity index (χ3n) is 12.3. The number of hydrogen-bond donors (Lipinski definition) is 0. The third kappa shape index (κ3) is 3.01. The zero-order valence-electron chi connectivity index (χ0n) is 19.8. The lowest BCUT2D eigenvalue weighted by molar-refractivity contribution is 0.154. The highest BCUT2D eigenvalue weighted by molar-refractivity contribution is 6.80. The fourth-order valence-electron chi connectivity index (χ4n) is 11.9. The van der Waals surface area contributed by atoms with Crippen LogP contribution in [0.5, 0.6) is 0 Å². The Labute approximate surface area is 182 Å². The van der Waals surface area contributed by atoms with Crippen LogP contribution in [0.15, 0.2) is 0 Å². The molecule has 0 aromatic carbocycles. The van der Waals surface area contributed by atoms with E-state index in [2.05, 4.69) is 20.0 Å². The second kappa shape index (κ2) is 7.38. The molecule has 6 aliphatic carbocycles. The Morgan fingerprint density at radius 1 is 0.483 bits per heavy atom. The second-order valence-electron chi connectivity index (χ2n) is 13.7. The van der Waals surface area contributed by atoms with E-state index in [1.165, 1.54) is 11.1 Å². The van der Waals surface area contributed by atoms with Gasteiger partial charge in [-0.1, -0.05) is 77.8 Å². The monoisotopic (exact) mass is 412 g/mol. The van der Waals surface area contributed by atoms with E-state index in [9.17, 15) is 0 Å². The summed E-state index contributed by atoms with van der Waals surface area (Å²) < 4.78 is 0. The van der Waals surface area contributed by atoms with Crippen LogP contribution in [0.4, 0.5) is 0 Å². The maximum absolute atomic E-state index is 2.95. The third-order valence-corrected chi connectivity index (χ3v) is 17.6. The minimum absolute atomic E-state index is 1.05. The van der Waals surface area contributed by atoms with Crippen LogP contribution in [0.25, 0.3) is 0 Å². The molecule has 1 heteroatoms. The van der Waals surface area contributed by atoms with E-state index in [1.54, 1.807) is 89.9 Å². The smallest absolute Gasteiger partial charge is 0.0547 e. The molecule has 0 saturated heterocycles. The van der Waals surface area contributed by atoms with Crippen molar-refractivity contribution in [2.45, 2.75) is 121 Å². The van der Waals surface area contributed by atoms with Crippen LogP contribution in [-0.4, -0.2) is 8.07 Å². The van der Waals surface area contributed by atoms with Crippen LogP contribution >= 0.6 is 0 Å². The van der Waals surface area contributed by atoms with Gasteiger partial charge < -0.3 is 0 Å². The lowest BCUT2D eigenvalue weighted by atomic mass is 9.71. The van der Waals surface area contributed by atoms with Gasteiger partial charge in [-0.3, -0.25) is 0 Å². The van der Waals surface area contributed by atoms with Crippen molar-refractivity contribution in [1.29, 1.82) is 0 Å². The molecule has 164 valence electrons. The van der Waals surface area contributed by atoms with Crippen molar-refractivity contribution in [2.24, 2.45) is 53.3 Å². The predicted molar refractivity (Wildman–Crippen MR) is 127 cm³/mol.